The van der Waals surface area contributed by atoms with Crippen LogP contribution in [0.25, 0.3) is 0 Å². The summed E-state index contributed by atoms with van der Waals surface area (Å²) in [6, 6.07) is -0.259. The molecule has 98 valence electrons. The minimum atomic E-state index is -0.426. The van der Waals surface area contributed by atoms with Crippen LogP contribution in [0.5, 0.6) is 0 Å². The first-order chi connectivity index (χ1) is 8.42. The summed E-state index contributed by atoms with van der Waals surface area (Å²) in [4.78, 5) is 10.6. The molecule has 0 amide bonds. The predicted molar refractivity (Wildman–Crippen MR) is 70.4 cm³/mol. The van der Waals surface area contributed by atoms with Gasteiger partial charge < -0.3 is 5.32 Å². The Morgan fingerprint density at radius 1 is 1.61 bits per heavy atom. The van der Waals surface area contributed by atoms with Gasteiger partial charge in [0.1, 0.15) is 5.69 Å². The van der Waals surface area contributed by atoms with Gasteiger partial charge in [0, 0.05) is 6.54 Å². The van der Waals surface area contributed by atoms with E-state index in [2.05, 4.69) is 16.3 Å². The maximum absolute atomic E-state index is 11.1. The van der Waals surface area contributed by atoms with Crippen molar-refractivity contribution in [3.8, 4) is 12.3 Å². The van der Waals surface area contributed by atoms with Crippen LogP contribution in [0, 0.1) is 35.3 Å². The Morgan fingerprint density at radius 3 is 2.61 bits per heavy atom. The van der Waals surface area contributed by atoms with Gasteiger partial charge >= 0.3 is 5.69 Å². The lowest BCUT2D eigenvalue weighted by molar-refractivity contribution is -0.384. The van der Waals surface area contributed by atoms with Gasteiger partial charge in [-0.25, -0.2) is 4.68 Å². The highest BCUT2D eigenvalue weighted by atomic mass is 16.6. The van der Waals surface area contributed by atoms with Gasteiger partial charge in [0.15, 0.2) is 0 Å². The molecule has 1 atom stereocenters. The van der Waals surface area contributed by atoms with Gasteiger partial charge in [-0.15, -0.1) is 6.42 Å². The second kappa shape index (κ2) is 5.54. The Labute approximate surface area is 107 Å². The average molecular weight is 250 g/mol. The second-order valence-corrected chi connectivity index (χ2v) is 4.39. The van der Waals surface area contributed by atoms with Crippen LogP contribution in [-0.2, 0) is 6.54 Å². The number of aromatic nitrogens is 2. The van der Waals surface area contributed by atoms with E-state index < -0.39 is 4.92 Å². The molecule has 0 aliphatic rings. The molecule has 0 saturated carbocycles. The van der Waals surface area contributed by atoms with Gasteiger partial charge in [0.25, 0.3) is 0 Å². The lowest BCUT2D eigenvalue weighted by Crippen LogP contribution is -2.25. The Morgan fingerprint density at radius 2 is 2.22 bits per heavy atom. The molecule has 18 heavy (non-hydrogen) atoms. The van der Waals surface area contributed by atoms with Crippen LogP contribution >= 0.6 is 0 Å². The number of nitro groups is 1. The molecule has 1 N–H and O–H groups in total. The molecule has 1 aromatic rings. The monoisotopic (exact) mass is 250 g/mol. The summed E-state index contributed by atoms with van der Waals surface area (Å²) in [5.41, 5.74) is 0.390. The highest BCUT2D eigenvalue weighted by molar-refractivity contribution is 5.60. The zero-order valence-corrected chi connectivity index (χ0v) is 11.1. The molecule has 6 nitrogen and oxygen atoms in total. The predicted octanol–water partition coefficient (Wildman–Crippen LogP) is 2.19. The van der Waals surface area contributed by atoms with E-state index >= 15 is 0 Å². The van der Waals surface area contributed by atoms with Crippen molar-refractivity contribution in [3.63, 3.8) is 0 Å². The first-order valence-electron chi connectivity index (χ1n) is 5.86. The normalized spacial score (nSPS) is 12.2. The Bertz CT molecular complexity index is 485. The van der Waals surface area contributed by atoms with E-state index in [1.54, 1.807) is 11.6 Å². The Hall–Kier alpha value is -2.03. The summed E-state index contributed by atoms with van der Waals surface area (Å²) in [5.74, 6) is 3.16. The highest BCUT2D eigenvalue weighted by Crippen LogP contribution is 2.29. The van der Waals surface area contributed by atoms with Crippen molar-refractivity contribution in [2.24, 2.45) is 5.92 Å². The van der Waals surface area contributed by atoms with Gasteiger partial charge in [-0.3, -0.25) is 10.1 Å². The molecular formula is C12H18N4O2. The first-order valence-corrected chi connectivity index (χ1v) is 5.86. The van der Waals surface area contributed by atoms with E-state index in [0.717, 1.165) is 0 Å². The van der Waals surface area contributed by atoms with E-state index in [1.807, 2.05) is 20.8 Å². The molecule has 0 aromatic carbocycles. The van der Waals surface area contributed by atoms with E-state index in [9.17, 15) is 10.1 Å². The molecule has 1 rings (SSSR count). The van der Waals surface area contributed by atoms with Crippen molar-refractivity contribution in [2.45, 2.75) is 40.3 Å². The van der Waals surface area contributed by atoms with Crippen molar-refractivity contribution >= 4 is 11.5 Å². The number of hydrogen-bond donors (Lipinski definition) is 1. The van der Waals surface area contributed by atoms with Gasteiger partial charge in [-0.05, 0) is 19.8 Å². The van der Waals surface area contributed by atoms with Crippen molar-refractivity contribution in [1.82, 2.24) is 9.78 Å². The molecule has 1 unspecified atom stereocenters. The van der Waals surface area contributed by atoms with E-state index in [1.165, 1.54) is 0 Å². The minimum Gasteiger partial charge on any atom is -0.351 e. The lowest BCUT2D eigenvalue weighted by atomic mass is 10.1. The molecule has 0 saturated heterocycles. The zero-order valence-electron chi connectivity index (χ0n) is 11.1. The van der Waals surface area contributed by atoms with E-state index in [4.69, 9.17) is 6.42 Å². The first kappa shape index (κ1) is 14.0. The van der Waals surface area contributed by atoms with Crippen LogP contribution in [-0.4, -0.2) is 20.7 Å². The maximum atomic E-state index is 11.1. The second-order valence-electron chi connectivity index (χ2n) is 4.39. The minimum absolute atomic E-state index is 0.00208. The molecule has 1 heterocycles. The topological polar surface area (TPSA) is 73.0 Å². The fourth-order valence-electron chi connectivity index (χ4n) is 1.71. The van der Waals surface area contributed by atoms with Crippen molar-refractivity contribution in [1.29, 1.82) is 0 Å². The number of terminal acetylenes is 1. The summed E-state index contributed by atoms with van der Waals surface area (Å²) in [7, 11) is 0. The van der Waals surface area contributed by atoms with Crippen LogP contribution in [0.15, 0.2) is 0 Å². The maximum Gasteiger partial charge on any atom is 0.333 e. The van der Waals surface area contributed by atoms with Crippen molar-refractivity contribution in [2.75, 3.05) is 5.32 Å². The van der Waals surface area contributed by atoms with Crippen molar-refractivity contribution in [3.05, 3.63) is 15.8 Å². The van der Waals surface area contributed by atoms with E-state index in [-0.39, 0.29) is 17.6 Å². The number of anilines is 1. The third kappa shape index (κ3) is 2.62. The van der Waals surface area contributed by atoms with Crippen LogP contribution in [0.3, 0.4) is 0 Å². The molecule has 0 aliphatic heterocycles. The third-order valence-corrected chi connectivity index (χ3v) is 2.72. The molecule has 0 radical (unpaired) electrons. The molecule has 0 spiro atoms. The van der Waals surface area contributed by atoms with Crippen LogP contribution in [0.4, 0.5) is 11.5 Å². The van der Waals surface area contributed by atoms with Gasteiger partial charge in [-0.1, -0.05) is 19.8 Å². The fourth-order valence-corrected chi connectivity index (χ4v) is 1.71. The number of hydrogen-bond acceptors (Lipinski definition) is 4. The van der Waals surface area contributed by atoms with Crippen LogP contribution in [0.1, 0.15) is 26.5 Å². The smallest absolute Gasteiger partial charge is 0.333 e. The van der Waals surface area contributed by atoms with Crippen LogP contribution < -0.4 is 5.32 Å². The van der Waals surface area contributed by atoms with Crippen LogP contribution in [0.2, 0.25) is 0 Å². The molecule has 0 aliphatic carbocycles. The summed E-state index contributed by atoms with van der Waals surface area (Å²) < 4.78 is 1.57. The number of nitrogens with zero attached hydrogens (tertiary/aromatic N) is 3. The Kier molecular flexibility index (Phi) is 4.32. The number of rotatable bonds is 5. The molecule has 6 heteroatoms. The van der Waals surface area contributed by atoms with E-state index in [0.29, 0.717) is 18.1 Å². The fraction of sp³-hybridized carbons (Fsp3) is 0.583. The zero-order chi connectivity index (χ0) is 13.9. The van der Waals surface area contributed by atoms with Gasteiger partial charge in [0.2, 0.25) is 5.82 Å². The number of nitrogens with one attached hydrogen (secondary N) is 1. The summed E-state index contributed by atoms with van der Waals surface area (Å²) in [6.07, 6.45) is 5.43. The summed E-state index contributed by atoms with van der Waals surface area (Å²) in [5, 5.41) is 18.3. The largest absolute Gasteiger partial charge is 0.351 e. The molecular weight excluding hydrogens is 232 g/mol. The molecule has 0 fully saturated rings. The average Bonchev–Trinajstić information content (AvgIpc) is 2.61. The quantitative estimate of drug-likeness (QED) is 0.494. The lowest BCUT2D eigenvalue weighted by Gasteiger charge is -2.17. The summed E-state index contributed by atoms with van der Waals surface area (Å²) in [6.45, 7) is 7.97. The highest BCUT2D eigenvalue weighted by Gasteiger charge is 2.26. The Balaban J connectivity index is 3.21. The standard InChI is InChI=1S/C12H18N4O2/c1-6-10(8(3)4)13-12-11(16(17)18)9(5)14-15(12)7-2/h1,8,10,13H,7H2,2-5H3. The summed E-state index contributed by atoms with van der Waals surface area (Å²) >= 11 is 0. The van der Waals surface area contributed by atoms with Gasteiger partial charge in [0.05, 0.1) is 11.0 Å². The number of aryl methyl sites for hydroxylation is 2. The third-order valence-electron chi connectivity index (χ3n) is 2.72. The van der Waals surface area contributed by atoms with Gasteiger partial charge in [-0.2, -0.15) is 5.10 Å². The van der Waals surface area contributed by atoms with Crippen molar-refractivity contribution < 1.29 is 4.92 Å². The SMILES string of the molecule is C#CC(Nc1c([N+](=O)[O-])c(C)nn1CC)C(C)C. The molecule has 0 bridgehead atoms. The molecule has 1 aromatic heterocycles.